The number of nitrogens with zero attached hydrogens (tertiary/aromatic N) is 3. The SMILES string of the molecule is O=C(NCc1nncn1CCc1ccccc1)C1CCS(=O)(=O)C1. The predicted molar refractivity (Wildman–Crippen MR) is 88.8 cm³/mol. The summed E-state index contributed by atoms with van der Waals surface area (Å²) < 4.78 is 24.8. The molecule has 1 aromatic carbocycles. The Morgan fingerprint density at radius 2 is 2.08 bits per heavy atom. The Morgan fingerprint density at radius 1 is 1.29 bits per heavy atom. The van der Waals surface area contributed by atoms with Crippen molar-refractivity contribution in [3.05, 3.63) is 48.0 Å². The zero-order chi connectivity index (χ0) is 17.0. The summed E-state index contributed by atoms with van der Waals surface area (Å²) in [7, 11) is -3.05. The van der Waals surface area contributed by atoms with E-state index in [0.717, 1.165) is 13.0 Å². The number of carbonyl (C=O) groups is 1. The monoisotopic (exact) mass is 348 g/mol. The first-order valence-electron chi connectivity index (χ1n) is 7.92. The van der Waals surface area contributed by atoms with Gasteiger partial charge in [0.1, 0.15) is 6.33 Å². The van der Waals surface area contributed by atoms with Crippen LogP contribution in [-0.2, 0) is 34.1 Å². The molecule has 3 rings (SSSR count). The van der Waals surface area contributed by atoms with Crippen molar-refractivity contribution in [1.82, 2.24) is 20.1 Å². The van der Waals surface area contributed by atoms with Crippen LogP contribution >= 0.6 is 0 Å². The first-order chi connectivity index (χ1) is 11.5. The highest BCUT2D eigenvalue weighted by Crippen LogP contribution is 2.18. The molecule has 7 nitrogen and oxygen atoms in total. The molecule has 1 aromatic heterocycles. The van der Waals surface area contributed by atoms with Crippen LogP contribution < -0.4 is 5.32 Å². The summed E-state index contributed by atoms with van der Waals surface area (Å²) in [6, 6.07) is 10.1. The minimum atomic E-state index is -3.05. The summed E-state index contributed by atoms with van der Waals surface area (Å²) in [4.78, 5) is 12.1. The van der Waals surface area contributed by atoms with Crippen LogP contribution in [0.25, 0.3) is 0 Å². The lowest BCUT2D eigenvalue weighted by atomic mass is 10.1. The highest BCUT2D eigenvalue weighted by Gasteiger charge is 2.32. The lowest BCUT2D eigenvalue weighted by Gasteiger charge is -2.10. The van der Waals surface area contributed by atoms with Gasteiger partial charge in [0.25, 0.3) is 0 Å². The third-order valence-corrected chi connectivity index (χ3v) is 5.97. The number of aromatic nitrogens is 3. The molecule has 1 aliphatic rings. The second-order valence-corrected chi connectivity index (χ2v) is 8.22. The van der Waals surface area contributed by atoms with Crippen molar-refractivity contribution in [2.45, 2.75) is 25.9 Å². The van der Waals surface area contributed by atoms with Gasteiger partial charge in [-0.25, -0.2) is 8.42 Å². The smallest absolute Gasteiger partial charge is 0.224 e. The minimum absolute atomic E-state index is 0.0560. The molecular formula is C16H20N4O3S. The normalized spacial score (nSPS) is 19.2. The zero-order valence-electron chi connectivity index (χ0n) is 13.3. The van der Waals surface area contributed by atoms with Gasteiger partial charge in [-0.15, -0.1) is 10.2 Å². The molecule has 0 radical (unpaired) electrons. The van der Waals surface area contributed by atoms with Crippen LogP contribution in [-0.4, -0.2) is 40.6 Å². The standard InChI is InChI=1S/C16H20N4O3S/c21-16(14-7-9-24(22,23)11-14)17-10-15-19-18-12-20(15)8-6-13-4-2-1-3-5-13/h1-5,12,14H,6-11H2,(H,17,21). The lowest BCUT2D eigenvalue weighted by Crippen LogP contribution is -2.32. The molecule has 8 heteroatoms. The van der Waals surface area contributed by atoms with Crippen molar-refractivity contribution in [2.75, 3.05) is 11.5 Å². The summed E-state index contributed by atoms with van der Waals surface area (Å²) in [5, 5.41) is 10.7. The van der Waals surface area contributed by atoms with Crippen molar-refractivity contribution in [3.8, 4) is 0 Å². The fourth-order valence-corrected chi connectivity index (χ4v) is 4.55. The van der Waals surface area contributed by atoms with Crippen molar-refractivity contribution >= 4 is 15.7 Å². The molecular weight excluding hydrogens is 328 g/mol. The third kappa shape index (κ3) is 4.19. The number of carbonyl (C=O) groups excluding carboxylic acids is 1. The molecule has 1 fully saturated rings. The highest BCUT2D eigenvalue weighted by molar-refractivity contribution is 7.91. The van der Waals surface area contributed by atoms with Gasteiger partial charge in [-0.2, -0.15) is 0 Å². The number of aryl methyl sites for hydroxylation is 2. The van der Waals surface area contributed by atoms with Crippen molar-refractivity contribution in [2.24, 2.45) is 5.92 Å². The zero-order valence-corrected chi connectivity index (χ0v) is 14.1. The number of nitrogens with one attached hydrogen (secondary N) is 1. The predicted octanol–water partition coefficient (Wildman–Crippen LogP) is 0.572. The Kier molecular flexibility index (Phi) is 4.94. The van der Waals surface area contributed by atoms with Gasteiger partial charge in [0.05, 0.1) is 24.0 Å². The number of rotatable bonds is 6. The van der Waals surface area contributed by atoms with E-state index in [-0.39, 0.29) is 24.0 Å². The highest BCUT2D eigenvalue weighted by atomic mass is 32.2. The van der Waals surface area contributed by atoms with Gasteiger partial charge in [0.15, 0.2) is 15.7 Å². The van der Waals surface area contributed by atoms with Crippen LogP contribution in [0.3, 0.4) is 0 Å². The fourth-order valence-electron chi connectivity index (χ4n) is 2.81. The van der Waals surface area contributed by atoms with E-state index < -0.39 is 15.8 Å². The van der Waals surface area contributed by atoms with E-state index in [1.54, 1.807) is 6.33 Å². The minimum Gasteiger partial charge on any atom is -0.349 e. The van der Waals surface area contributed by atoms with Crippen molar-refractivity contribution in [3.63, 3.8) is 0 Å². The Hall–Kier alpha value is -2.22. The van der Waals surface area contributed by atoms with Crippen molar-refractivity contribution < 1.29 is 13.2 Å². The third-order valence-electron chi connectivity index (χ3n) is 4.20. The maximum Gasteiger partial charge on any atom is 0.224 e. The van der Waals surface area contributed by atoms with Gasteiger partial charge < -0.3 is 9.88 Å². The topological polar surface area (TPSA) is 93.9 Å². The second kappa shape index (κ2) is 7.12. The average molecular weight is 348 g/mol. The van der Waals surface area contributed by atoms with E-state index >= 15 is 0 Å². The number of hydrogen-bond donors (Lipinski definition) is 1. The molecule has 1 aliphatic heterocycles. The molecule has 0 aliphatic carbocycles. The molecule has 0 saturated carbocycles. The fraction of sp³-hybridized carbons (Fsp3) is 0.438. The molecule has 1 atom stereocenters. The molecule has 0 spiro atoms. The van der Waals surface area contributed by atoms with E-state index in [1.165, 1.54) is 5.56 Å². The molecule has 2 heterocycles. The Balaban J connectivity index is 1.53. The van der Waals surface area contributed by atoms with Gasteiger partial charge in [-0.05, 0) is 18.4 Å². The molecule has 0 bridgehead atoms. The molecule has 1 unspecified atom stereocenters. The Labute approximate surface area is 141 Å². The number of benzene rings is 1. The van der Waals surface area contributed by atoms with Crippen LogP contribution in [0.4, 0.5) is 0 Å². The van der Waals surface area contributed by atoms with E-state index in [9.17, 15) is 13.2 Å². The van der Waals surface area contributed by atoms with Crippen LogP contribution in [0.5, 0.6) is 0 Å². The van der Waals surface area contributed by atoms with E-state index in [4.69, 9.17) is 0 Å². The quantitative estimate of drug-likeness (QED) is 0.824. The van der Waals surface area contributed by atoms with E-state index in [1.807, 2.05) is 22.8 Å². The Bertz CT molecular complexity index is 802. The molecule has 128 valence electrons. The second-order valence-electron chi connectivity index (χ2n) is 5.99. The molecule has 1 amide bonds. The average Bonchev–Trinajstić information content (AvgIpc) is 3.17. The van der Waals surface area contributed by atoms with Crippen LogP contribution in [0.1, 0.15) is 17.8 Å². The van der Waals surface area contributed by atoms with Crippen LogP contribution in [0.15, 0.2) is 36.7 Å². The Morgan fingerprint density at radius 3 is 2.79 bits per heavy atom. The molecule has 24 heavy (non-hydrogen) atoms. The summed E-state index contributed by atoms with van der Waals surface area (Å²) >= 11 is 0. The molecule has 2 aromatic rings. The maximum atomic E-state index is 12.1. The summed E-state index contributed by atoms with van der Waals surface area (Å²) in [6.45, 7) is 0.976. The summed E-state index contributed by atoms with van der Waals surface area (Å²) in [6.07, 6.45) is 2.89. The largest absolute Gasteiger partial charge is 0.349 e. The lowest BCUT2D eigenvalue weighted by molar-refractivity contribution is -0.124. The van der Waals surface area contributed by atoms with Gasteiger partial charge in [-0.3, -0.25) is 4.79 Å². The molecule has 1 saturated heterocycles. The summed E-state index contributed by atoms with van der Waals surface area (Å²) in [5.74, 6) is 0.0298. The van der Waals surface area contributed by atoms with Crippen LogP contribution in [0, 0.1) is 5.92 Å². The van der Waals surface area contributed by atoms with Crippen molar-refractivity contribution in [1.29, 1.82) is 0 Å². The number of sulfone groups is 1. The van der Waals surface area contributed by atoms with Crippen LogP contribution in [0.2, 0.25) is 0 Å². The number of amides is 1. The number of hydrogen-bond acceptors (Lipinski definition) is 5. The van der Waals surface area contributed by atoms with E-state index in [2.05, 4.69) is 27.6 Å². The van der Waals surface area contributed by atoms with Gasteiger partial charge >= 0.3 is 0 Å². The van der Waals surface area contributed by atoms with E-state index in [0.29, 0.717) is 12.2 Å². The maximum absolute atomic E-state index is 12.1. The first kappa shape index (κ1) is 16.6. The first-order valence-corrected chi connectivity index (χ1v) is 9.74. The molecule has 1 N–H and O–H groups in total. The van der Waals surface area contributed by atoms with Gasteiger partial charge in [-0.1, -0.05) is 30.3 Å². The van der Waals surface area contributed by atoms with Gasteiger partial charge in [0, 0.05) is 6.54 Å². The summed E-state index contributed by atoms with van der Waals surface area (Å²) in [5.41, 5.74) is 1.22. The van der Waals surface area contributed by atoms with Gasteiger partial charge in [0.2, 0.25) is 5.91 Å².